The minimum Gasteiger partial charge on any atom is -0.377 e. The summed E-state index contributed by atoms with van der Waals surface area (Å²) in [6, 6.07) is 7.71. The molecule has 1 aromatic carbocycles. The van der Waals surface area contributed by atoms with Gasteiger partial charge in [0.2, 0.25) is 11.7 Å². The standard InChI is InChI=1S/C19H24ClN5O2.HI/c1-19(2)15(13-7-8-26-16(13)19)24-18(21-3)22-10-14-23-17(25-27-14)11-5-4-6-12(20)9-11;/h4-6,9,13,15-16H,7-8,10H2,1-3H3,(H2,21,22,24);1H. The second-order valence-electron chi connectivity index (χ2n) is 7.64. The maximum Gasteiger partial charge on any atom is 0.246 e. The summed E-state index contributed by atoms with van der Waals surface area (Å²) in [4.78, 5) is 8.75. The average molecular weight is 518 g/mol. The first-order valence-corrected chi connectivity index (χ1v) is 9.54. The van der Waals surface area contributed by atoms with Crippen molar-refractivity contribution >= 4 is 41.5 Å². The van der Waals surface area contributed by atoms with Crippen LogP contribution in [0.25, 0.3) is 11.4 Å². The van der Waals surface area contributed by atoms with Crippen LogP contribution in [0.4, 0.5) is 0 Å². The predicted octanol–water partition coefficient (Wildman–Crippen LogP) is 3.49. The molecule has 3 atom stereocenters. The monoisotopic (exact) mass is 517 g/mol. The first-order chi connectivity index (χ1) is 13.0. The molecule has 28 heavy (non-hydrogen) atoms. The molecule has 2 N–H and O–H groups in total. The number of ether oxygens (including phenoxy) is 1. The molecular weight excluding hydrogens is 493 g/mol. The third kappa shape index (κ3) is 3.99. The minimum atomic E-state index is 0. The lowest BCUT2D eigenvalue weighted by atomic mass is 9.57. The van der Waals surface area contributed by atoms with Gasteiger partial charge in [0, 0.05) is 41.6 Å². The van der Waals surface area contributed by atoms with Crippen LogP contribution in [0.2, 0.25) is 5.02 Å². The van der Waals surface area contributed by atoms with E-state index < -0.39 is 0 Å². The Labute approximate surface area is 186 Å². The fourth-order valence-electron chi connectivity index (χ4n) is 4.19. The van der Waals surface area contributed by atoms with Crippen molar-refractivity contribution in [1.82, 2.24) is 20.8 Å². The van der Waals surface area contributed by atoms with E-state index in [-0.39, 0.29) is 29.4 Å². The number of halogens is 2. The van der Waals surface area contributed by atoms with E-state index in [2.05, 4.69) is 39.6 Å². The maximum absolute atomic E-state index is 6.02. The van der Waals surface area contributed by atoms with E-state index in [0.29, 0.717) is 41.3 Å². The van der Waals surface area contributed by atoms with Crippen molar-refractivity contribution < 1.29 is 9.26 Å². The predicted molar refractivity (Wildman–Crippen MR) is 119 cm³/mol. The van der Waals surface area contributed by atoms with Gasteiger partial charge in [-0.15, -0.1) is 24.0 Å². The maximum atomic E-state index is 6.02. The molecule has 4 rings (SSSR count). The van der Waals surface area contributed by atoms with Gasteiger partial charge >= 0.3 is 0 Å². The topological polar surface area (TPSA) is 84.6 Å². The average Bonchev–Trinajstić information content (AvgIpc) is 3.30. The lowest BCUT2D eigenvalue weighted by Crippen LogP contribution is -2.67. The molecule has 1 aliphatic carbocycles. The Hall–Kier alpha value is -1.39. The first kappa shape index (κ1) is 21.3. The van der Waals surface area contributed by atoms with Gasteiger partial charge in [0.15, 0.2) is 5.96 Å². The van der Waals surface area contributed by atoms with Crippen LogP contribution in [0.5, 0.6) is 0 Å². The summed E-state index contributed by atoms with van der Waals surface area (Å²) >= 11 is 6.02. The molecule has 7 nitrogen and oxygen atoms in total. The second-order valence-corrected chi connectivity index (χ2v) is 8.07. The van der Waals surface area contributed by atoms with E-state index in [1.807, 2.05) is 24.3 Å². The van der Waals surface area contributed by atoms with Crippen LogP contribution in [0, 0.1) is 11.3 Å². The largest absolute Gasteiger partial charge is 0.377 e. The van der Waals surface area contributed by atoms with E-state index >= 15 is 0 Å². The molecule has 2 aliphatic rings. The molecule has 2 fully saturated rings. The quantitative estimate of drug-likeness (QED) is 0.367. The lowest BCUT2D eigenvalue weighted by Gasteiger charge is -2.54. The van der Waals surface area contributed by atoms with Crippen LogP contribution in [0.3, 0.4) is 0 Å². The normalized spacial score (nSPS) is 25.4. The van der Waals surface area contributed by atoms with Gasteiger partial charge in [0.25, 0.3) is 0 Å². The van der Waals surface area contributed by atoms with Crippen LogP contribution in [0.15, 0.2) is 33.8 Å². The van der Waals surface area contributed by atoms with Crippen molar-refractivity contribution in [3.05, 3.63) is 35.2 Å². The van der Waals surface area contributed by atoms with Crippen LogP contribution in [-0.2, 0) is 11.3 Å². The Kier molecular flexibility index (Phi) is 6.51. The molecule has 1 aromatic heterocycles. The molecule has 0 amide bonds. The van der Waals surface area contributed by atoms with Gasteiger partial charge in [0.05, 0.1) is 12.6 Å². The van der Waals surface area contributed by atoms with Gasteiger partial charge in [-0.05, 0) is 18.6 Å². The summed E-state index contributed by atoms with van der Waals surface area (Å²) < 4.78 is 11.2. The van der Waals surface area contributed by atoms with Gasteiger partial charge in [-0.1, -0.05) is 42.7 Å². The Bertz CT molecular complexity index is 856. The highest BCUT2D eigenvalue weighted by atomic mass is 127. The van der Waals surface area contributed by atoms with Crippen molar-refractivity contribution in [2.45, 2.75) is 39.0 Å². The molecule has 2 aromatic rings. The summed E-state index contributed by atoms with van der Waals surface area (Å²) in [5, 5.41) is 11.4. The molecule has 1 saturated carbocycles. The lowest BCUT2D eigenvalue weighted by molar-refractivity contribution is -0.106. The summed E-state index contributed by atoms with van der Waals surface area (Å²) in [6.07, 6.45) is 1.43. The number of rotatable bonds is 4. The smallest absolute Gasteiger partial charge is 0.246 e. The van der Waals surface area contributed by atoms with Gasteiger partial charge < -0.3 is 19.9 Å². The third-order valence-electron chi connectivity index (χ3n) is 5.57. The van der Waals surface area contributed by atoms with Crippen molar-refractivity contribution in [3.8, 4) is 11.4 Å². The molecule has 0 radical (unpaired) electrons. The molecule has 2 heterocycles. The summed E-state index contributed by atoms with van der Waals surface area (Å²) in [7, 11) is 1.76. The van der Waals surface area contributed by atoms with E-state index in [0.717, 1.165) is 24.6 Å². The number of benzene rings is 1. The van der Waals surface area contributed by atoms with Gasteiger partial charge in [-0.3, -0.25) is 4.99 Å². The molecule has 3 unspecified atom stereocenters. The van der Waals surface area contributed by atoms with Gasteiger partial charge in [-0.25, -0.2) is 0 Å². The highest BCUT2D eigenvalue weighted by Gasteiger charge is 2.59. The third-order valence-corrected chi connectivity index (χ3v) is 5.81. The van der Waals surface area contributed by atoms with Crippen LogP contribution in [-0.4, -0.2) is 41.9 Å². The highest BCUT2D eigenvalue weighted by Crippen LogP contribution is 2.52. The van der Waals surface area contributed by atoms with Crippen LogP contribution in [0.1, 0.15) is 26.2 Å². The van der Waals surface area contributed by atoms with Gasteiger partial charge in [-0.2, -0.15) is 4.98 Å². The number of aromatic nitrogens is 2. The fourth-order valence-corrected chi connectivity index (χ4v) is 4.38. The number of aliphatic imine (C=N–C) groups is 1. The SMILES string of the molecule is CN=C(NCc1nc(-c2cccc(Cl)c2)no1)NC1C2CCOC2C1(C)C.I. The molecular formula is C19H25ClIN5O2. The fraction of sp³-hybridized carbons (Fsp3) is 0.526. The zero-order valence-electron chi connectivity index (χ0n) is 16.1. The van der Waals surface area contributed by atoms with E-state index in [4.69, 9.17) is 20.9 Å². The second kappa shape index (κ2) is 8.54. The van der Waals surface area contributed by atoms with Crippen molar-refractivity contribution in [3.63, 3.8) is 0 Å². The zero-order valence-corrected chi connectivity index (χ0v) is 19.2. The number of nitrogens with zero attached hydrogens (tertiary/aromatic N) is 3. The molecule has 152 valence electrons. The van der Waals surface area contributed by atoms with Crippen LogP contribution >= 0.6 is 35.6 Å². The number of nitrogens with one attached hydrogen (secondary N) is 2. The number of fused-ring (bicyclic) bond motifs is 1. The number of hydrogen-bond acceptors (Lipinski definition) is 5. The molecule has 1 aliphatic heterocycles. The molecule has 1 saturated heterocycles. The van der Waals surface area contributed by atoms with Crippen LogP contribution < -0.4 is 10.6 Å². The molecule has 9 heteroatoms. The Morgan fingerprint density at radius 1 is 1.39 bits per heavy atom. The number of guanidine groups is 1. The summed E-state index contributed by atoms with van der Waals surface area (Å²) in [6.45, 7) is 5.71. The van der Waals surface area contributed by atoms with Crippen molar-refractivity contribution in [2.24, 2.45) is 16.3 Å². The first-order valence-electron chi connectivity index (χ1n) is 9.16. The van der Waals surface area contributed by atoms with Crippen molar-refractivity contribution in [2.75, 3.05) is 13.7 Å². The number of hydrogen-bond donors (Lipinski definition) is 2. The Balaban J connectivity index is 0.00000225. The van der Waals surface area contributed by atoms with Gasteiger partial charge in [0.1, 0.15) is 0 Å². The Morgan fingerprint density at radius 2 is 2.21 bits per heavy atom. The van der Waals surface area contributed by atoms with E-state index in [9.17, 15) is 0 Å². The molecule has 0 bridgehead atoms. The molecule has 0 spiro atoms. The Morgan fingerprint density at radius 3 is 2.96 bits per heavy atom. The van der Waals surface area contributed by atoms with Crippen molar-refractivity contribution in [1.29, 1.82) is 0 Å². The summed E-state index contributed by atoms with van der Waals surface area (Å²) in [5.74, 6) is 2.27. The van der Waals surface area contributed by atoms with E-state index in [1.165, 1.54) is 0 Å². The summed E-state index contributed by atoms with van der Waals surface area (Å²) in [5.41, 5.74) is 0.909. The minimum absolute atomic E-state index is 0. The van der Waals surface area contributed by atoms with E-state index in [1.54, 1.807) is 7.05 Å². The highest BCUT2D eigenvalue weighted by molar-refractivity contribution is 14.0. The zero-order chi connectivity index (χ0) is 19.0.